The molecule has 2 aliphatic rings. The van der Waals surface area contributed by atoms with Crippen molar-refractivity contribution >= 4 is 46.3 Å². The van der Waals surface area contributed by atoms with Gasteiger partial charge in [0, 0.05) is 22.5 Å². The Labute approximate surface area is 217 Å². The number of benzene rings is 1. The minimum atomic E-state index is -0.849. The first-order valence-electron chi connectivity index (χ1n) is 12.5. The van der Waals surface area contributed by atoms with Crippen molar-refractivity contribution in [3.05, 3.63) is 35.0 Å². The summed E-state index contributed by atoms with van der Waals surface area (Å²) in [6, 6.07) is 1.95. The molecule has 5 N–H and O–H groups in total. The van der Waals surface area contributed by atoms with Gasteiger partial charge >= 0.3 is 0 Å². The molecule has 2 aliphatic carbocycles. The van der Waals surface area contributed by atoms with Crippen LogP contribution in [0.2, 0.25) is 5.02 Å². The lowest BCUT2D eigenvalue weighted by molar-refractivity contribution is -0.128. The average Bonchev–Trinajstić information content (AvgIpc) is 3.19. The van der Waals surface area contributed by atoms with E-state index < -0.39 is 17.0 Å². The van der Waals surface area contributed by atoms with Crippen LogP contribution in [0.15, 0.2) is 18.3 Å². The number of nitrogens with two attached hydrogens (primary N) is 1. The Bertz CT molecular complexity index is 1300. The predicted octanol–water partition coefficient (Wildman–Crippen LogP) is 4.82. The van der Waals surface area contributed by atoms with E-state index >= 15 is 0 Å². The number of amides is 1. The van der Waals surface area contributed by atoms with Gasteiger partial charge in [0.25, 0.3) is 0 Å². The van der Waals surface area contributed by atoms with Crippen molar-refractivity contribution in [2.24, 2.45) is 11.1 Å². The molecule has 2 saturated carbocycles. The molecule has 2 aromatic heterocycles. The molecule has 0 bridgehead atoms. The highest BCUT2D eigenvalue weighted by atomic mass is 35.5. The summed E-state index contributed by atoms with van der Waals surface area (Å²) in [5.74, 6) is -1.44. The molecular formula is C25H30ClF2N7O2. The van der Waals surface area contributed by atoms with Crippen LogP contribution in [0.4, 0.5) is 26.4 Å². The predicted molar refractivity (Wildman–Crippen MR) is 137 cm³/mol. The first-order chi connectivity index (χ1) is 17.6. The van der Waals surface area contributed by atoms with E-state index in [1.165, 1.54) is 0 Å². The van der Waals surface area contributed by atoms with E-state index in [0.717, 1.165) is 31.4 Å². The van der Waals surface area contributed by atoms with Gasteiger partial charge in [-0.15, -0.1) is 0 Å². The van der Waals surface area contributed by atoms with Crippen LogP contribution in [-0.4, -0.2) is 42.7 Å². The topological polar surface area (TPSA) is 131 Å². The highest BCUT2D eigenvalue weighted by Crippen LogP contribution is 2.43. The normalized spacial score (nSPS) is 26.2. The molecule has 0 spiro atoms. The number of hydrogen-bond donors (Lipinski definition) is 4. The lowest BCUT2D eigenvalue weighted by Gasteiger charge is -2.35. The minimum absolute atomic E-state index is 0.0402. The maximum Gasteiger partial charge on any atom is 0.224 e. The van der Waals surface area contributed by atoms with Crippen LogP contribution in [0.5, 0.6) is 0 Å². The van der Waals surface area contributed by atoms with Gasteiger partial charge in [0.1, 0.15) is 11.2 Å². The third-order valence-electron chi connectivity index (χ3n) is 7.67. The SMILES string of the molecule is C[C@]1(C(N)=O)CC[C@H](n2c(Nc3c(F)cc(Cl)cc3F)nc3cnc(N[C@H]4CCC[C@H](O)C4)nc32)CC1. The molecule has 1 aromatic carbocycles. The van der Waals surface area contributed by atoms with Crippen LogP contribution >= 0.6 is 11.6 Å². The molecule has 1 amide bonds. The van der Waals surface area contributed by atoms with E-state index in [-0.39, 0.29) is 40.8 Å². The van der Waals surface area contributed by atoms with Gasteiger partial charge in [-0.05, 0) is 63.5 Å². The van der Waals surface area contributed by atoms with E-state index in [1.54, 1.807) is 6.20 Å². The lowest BCUT2D eigenvalue weighted by Crippen LogP contribution is -2.38. The second-order valence-electron chi connectivity index (χ2n) is 10.4. The number of aliphatic hydroxyl groups excluding tert-OH is 1. The number of rotatable bonds is 6. The molecule has 2 atom stereocenters. The van der Waals surface area contributed by atoms with E-state index in [1.807, 2.05) is 11.5 Å². The Morgan fingerprint density at radius 1 is 1.19 bits per heavy atom. The summed E-state index contributed by atoms with van der Waals surface area (Å²) in [6.07, 6.45) is 6.73. The third-order valence-corrected chi connectivity index (χ3v) is 7.89. The van der Waals surface area contributed by atoms with Crippen LogP contribution in [0.3, 0.4) is 0 Å². The quantitative estimate of drug-likeness (QED) is 0.357. The third kappa shape index (κ3) is 5.19. The smallest absolute Gasteiger partial charge is 0.224 e. The van der Waals surface area contributed by atoms with Gasteiger partial charge in [0.05, 0.1) is 12.3 Å². The summed E-state index contributed by atoms with van der Waals surface area (Å²) in [5.41, 5.74) is 5.61. The molecule has 2 heterocycles. The second kappa shape index (κ2) is 10.0. The van der Waals surface area contributed by atoms with Crippen molar-refractivity contribution in [3.8, 4) is 0 Å². The van der Waals surface area contributed by atoms with E-state index in [0.29, 0.717) is 49.2 Å². The molecular weight excluding hydrogens is 504 g/mol. The maximum atomic E-state index is 14.6. The monoisotopic (exact) mass is 533 g/mol. The maximum absolute atomic E-state index is 14.6. The number of halogens is 3. The van der Waals surface area contributed by atoms with Crippen molar-refractivity contribution in [1.82, 2.24) is 19.5 Å². The number of carbonyl (C=O) groups excluding carboxylic acids is 1. The number of aromatic nitrogens is 4. The number of nitrogens with zero attached hydrogens (tertiary/aromatic N) is 4. The fourth-order valence-corrected chi connectivity index (χ4v) is 5.58. The number of nitrogens with one attached hydrogen (secondary N) is 2. The Balaban J connectivity index is 1.52. The van der Waals surface area contributed by atoms with Crippen molar-refractivity contribution in [3.63, 3.8) is 0 Å². The van der Waals surface area contributed by atoms with Gasteiger partial charge in [-0.3, -0.25) is 9.36 Å². The molecule has 2 fully saturated rings. The first-order valence-corrected chi connectivity index (χ1v) is 12.9. The summed E-state index contributed by atoms with van der Waals surface area (Å²) >= 11 is 5.79. The standard InChI is InChI=1S/C25H30ClF2N7O2/c1-25(22(29)37)7-5-15(6-8-25)35-21-19(12-30-23(34-21)31-14-3-2-4-16(36)11-14)32-24(35)33-20-17(27)9-13(26)10-18(20)28/h9-10,12,14-16,36H,2-8,11H2,1H3,(H2,29,37)(H,32,33)(H,30,31,34)/t14-,15-,16-,25-/m0/s1. The molecule has 0 unspecified atom stereocenters. The molecule has 12 heteroatoms. The Morgan fingerprint density at radius 3 is 2.54 bits per heavy atom. The number of aliphatic hydroxyl groups is 1. The Hall–Kier alpha value is -3.05. The number of carbonyl (C=O) groups is 1. The molecule has 0 saturated heterocycles. The molecule has 9 nitrogen and oxygen atoms in total. The van der Waals surface area contributed by atoms with Crippen LogP contribution in [0.25, 0.3) is 11.2 Å². The van der Waals surface area contributed by atoms with Gasteiger partial charge in [0.15, 0.2) is 17.3 Å². The van der Waals surface area contributed by atoms with Gasteiger partial charge in [-0.2, -0.15) is 4.98 Å². The van der Waals surface area contributed by atoms with Crippen molar-refractivity contribution in [2.75, 3.05) is 10.6 Å². The van der Waals surface area contributed by atoms with Crippen LogP contribution in [0.1, 0.15) is 64.3 Å². The van der Waals surface area contributed by atoms with Gasteiger partial charge in [-0.25, -0.2) is 18.7 Å². The highest BCUT2D eigenvalue weighted by Gasteiger charge is 2.38. The van der Waals surface area contributed by atoms with Crippen molar-refractivity contribution in [2.45, 2.75) is 76.5 Å². The fraction of sp³-hybridized carbons (Fsp3) is 0.520. The van der Waals surface area contributed by atoms with E-state index in [9.17, 15) is 18.7 Å². The summed E-state index contributed by atoms with van der Waals surface area (Å²) in [5, 5.41) is 16.1. The molecule has 0 radical (unpaired) electrons. The zero-order valence-electron chi connectivity index (χ0n) is 20.5. The number of primary amides is 1. The van der Waals surface area contributed by atoms with E-state index in [2.05, 4.69) is 20.6 Å². The lowest BCUT2D eigenvalue weighted by atomic mass is 9.73. The molecule has 5 rings (SSSR count). The average molecular weight is 534 g/mol. The van der Waals surface area contributed by atoms with Gasteiger partial charge in [-0.1, -0.05) is 18.5 Å². The number of imidazole rings is 1. The molecule has 0 aliphatic heterocycles. The summed E-state index contributed by atoms with van der Waals surface area (Å²) in [7, 11) is 0. The first kappa shape index (κ1) is 25.6. The summed E-state index contributed by atoms with van der Waals surface area (Å²) in [4.78, 5) is 25.7. The fourth-order valence-electron chi connectivity index (χ4n) is 5.39. The zero-order valence-corrected chi connectivity index (χ0v) is 21.2. The highest BCUT2D eigenvalue weighted by molar-refractivity contribution is 6.30. The number of fused-ring (bicyclic) bond motifs is 1. The van der Waals surface area contributed by atoms with Crippen LogP contribution in [-0.2, 0) is 4.79 Å². The van der Waals surface area contributed by atoms with Crippen LogP contribution in [0, 0.1) is 17.0 Å². The van der Waals surface area contributed by atoms with Crippen molar-refractivity contribution < 1.29 is 18.7 Å². The minimum Gasteiger partial charge on any atom is -0.393 e. The Morgan fingerprint density at radius 2 is 1.89 bits per heavy atom. The molecule has 3 aromatic rings. The number of anilines is 3. The summed E-state index contributed by atoms with van der Waals surface area (Å²) < 4.78 is 31.1. The summed E-state index contributed by atoms with van der Waals surface area (Å²) in [6.45, 7) is 1.86. The second-order valence-corrected chi connectivity index (χ2v) is 10.8. The van der Waals surface area contributed by atoms with Gasteiger partial charge < -0.3 is 21.5 Å². The largest absolute Gasteiger partial charge is 0.393 e. The van der Waals surface area contributed by atoms with Gasteiger partial charge in [0.2, 0.25) is 17.8 Å². The Kier molecular flexibility index (Phi) is 6.93. The van der Waals surface area contributed by atoms with E-state index in [4.69, 9.17) is 22.3 Å². The van der Waals surface area contributed by atoms with Crippen LogP contribution < -0.4 is 16.4 Å². The molecule has 198 valence electrons. The zero-order chi connectivity index (χ0) is 26.3. The molecule has 37 heavy (non-hydrogen) atoms. The van der Waals surface area contributed by atoms with Crippen molar-refractivity contribution in [1.29, 1.82) is 0 Å². The number of hydrogen-bond acceptors (Lipinski definition) is 7.